The normalized spacial score (nSPS) is 11.4. The third-order valence-electron chi connectivity index (χ3n) is 8.35. The first-order valence-corrected chi connectivity index (χ1v) is 18.1. The second-order valence-electron chi connectivity index (χ2n) is 12.5. The van der Waals surface area contributed by atoms with Gasteiger partial charge in [-0.05, 0) is 97.8 Å². The van der Waals surface area contributed by atoms with Gasteiger partial charge in [-0.15, -0.1) is 0 Å². The van der Waals surface area contributed by atoms with Crippen LogP contribution in [-0.2, 0) is 0 Å². The molecular weight excluding hydrogens is 590 g/mol. The van der Waals surface area contributed by atoms with Gasteiger partial charge in [0.05, 0.1) is 24.6 Å². The van der Waals surface area contributed by atoms with Crippen LogP contribution in [0.4, 0.5) is 5.69 Å². The fraction of sp³-hybridized carbons (Fsp3) is 0.395. The van der Waals surface area contributed by atoms with E-state index in [1.54, 1.807) is 0 Å². The maximum atomic E-state index is 6.39. The van der Waals surface area contributed by atoms with Gasteiger partial charge in [0.2, 0.25) is 0 Å². The Hall–Kier alpha value is -4.38. The number of aromatic nitrogens is 2. The fourth-order valence-corrected chi connectivity index (χ4v) is 5.36. The van der Waals surface area contributed by atoms with Gasteiger partial charge in [0.1, 0.15) is 11.5 Å². The van der Waals surface area contributed by atoms with Crippen molar-refractivity contribution in [3.05, 3.63) is 101 Å². The Morgan fingerprint density at radius 1 is 0.562 bits per heavy atom. The molecule has 0 atom stereocenters. The third kappa shape index (κ3) is 11.4. The molecule has 2 aromatic heterocycles. The molecule has 5 nitrogen and oxygen atoms in total. The zero-order chi connectivity index (χ0) is 34.0. The second kappa shape index (κ2) is 20.1. The minimum Gasteiger partial charge on any atom is -0.493 e. The highest BCUT2D eigenvalue weighted by molar-refractivity contribution is 5.79. The highest BCUT2D eigenvalue weighted by Gasteiger charge is 2.11. The number of pyridine rings is 2. The molecule has 0 N–H and O–H groups in total. The van der Waals surface area contributed by atoms with E-state index in [1.165, 1.54) is 36.9 Å². The van der Waals surface area contributed by atoms with Crippen molar-refractivity contribution in [3.63, 3.8) is 0 Å². The van der Waals surface area contributed by atoms with Crippen molar-refractivity contribution in [2.75, 3.05) is 31.2 Å². The lowest BCUT2D eigenvalue weighted by Gasteiger charge is -2.24. The minimum atomic E-state index is 0.670. The number of benzene rings is 2. The molecule has 0 aliphatic heterocycles. The van der Waals surface area contributed by atoms with Gasteiger partial charge in [0.25, 0.3) is 0 Å². The molecule has 0 spiro atoms. The Morgan fingerprint density at radius 3 is 1.62 bits per heavy atom. The van der Waals surface area contributed by atoms with Crippen molar-refractivity contribution >= 4 is 30.0 Å². The maximum Gasteiger partial charge on any atom is 0.127 e. The van der Waals surface area contributed by atoms with Crippen molar-refractivity contribution in [3.8, 4) is 22.9 Å². The summed E-state index contributed by atoms with van der Waals surface area (Å²) in [7, 11) is 0. The smallest absolute Gasteiger partial charge is 0.127 e. The summed E-state index contributed by atoms with van der Waals surface area (Å²) in [4.78, 5) is 11.6. The number of ether oxygens (including phenoxy) is 2. The van der Waals surface area contributed by atoms with E-state index in [9.17, 15) is 0 Å². The number of unbranched alkanes of at least 4 members (excludes halogenated alkanes) is 4. The molecule has 0 fully saturated rings. The van der Waals surface area contributed by atoms with Crippen LogP contribution in [0.5, 0.6) is 11.5 Å². The molecule has 0 bridgehead atoms. The van der Waals surface area contributed by atoms with Crippen molar-refractivity contribution in [1.29, 1.82) is 0 Å². The lowest BCUT2D eigenvalue weighted by Crippen LogP contribution is -2.25. The number of rotatable bonds is 20. The van der Waals surface area contributed by atoms with Crippen LogP contribution in [0.3, 0.4) is 0 Å². The van der Waals surface area contributed by atoms with Crippen molar-refractivity contribution in [2.45, 2.75) is 86.0 Å². The largest absolute Gasteiger partial charge is 0.493 e. The highest BCUT2D eigenvalue weighted by Crippen LogP contribution is 2.33. The summed E-state index contributed by atoms with van der Waals surface area (Å²) in [5.74, 6) is 1.72. The van der Waals surface area contributed by atoms with Gasteiger partial charge in [-0.25, -0.2) is 0 Å². The molecule has 4 aromatic rings. The number of hydrogen-bond donors (Lipinski definition) is 0. The average Bonchev–Trinajstić information content (AvgIpc) is 3.11. The minimum absolute atomic E-state index is 0.670. The van der Waals surface area contributed by atoms with E-state index in [2.05, 4.69) is 122 Å². The predicted molar refractivity (Wildman–Crippen MR) is 206 cm³/mol. The Kier molecular flexibility index (Phi) is 15.3. The summed E-state index contributed by atoms with van der Waals surface area (Å²) >= 11 is 0. The number of hydrogen-bond acceptors (Lipinski definition) is 5. The Balaban J connectivity index is 1.63. The third-order valence-corrected chi connectivity index (χ3v) is 8.35. The topological polar surface area (TPSA) is 47.5 Å². The molecule has 0 saturated carbocycles. The first-order chi connectivity index (χ1) is 23.5. The first-order valence-electron chi connectivity index (χ1n) is 18.1. The monoisotopic (exact) mass is 645 g/mol. The number of aryl methyl sites for hydroxylation is 1. The molecule has 4 rings (SSSR count). The van der Waals surface area contributed by atoms with Gasteiger partial charge in [-0.3, -0.25) is 9.97 Å². The van der Waals surface area contributed by atoms with E-state index < -0.39 is 0 Å². The molecule has 2 aromatic carbocycles. The van der Waals surface area contributed by atoms with E-state index in [-0.39, 0.29) is 0 Å². The quantitative estimate of drug-likeness (QED) is 0.0707. The van der Waals surface area contributed by atoms with Gasteiger partial charge in [-0.1, -0.05) is 89.8 Å². The summed E-state index contributed by atoms with van der Waals surface area (Å²) in [6, 6.07) is 21.4. The zero-order valence-corrected chi connectivity index (χ0v) is 29.9. The zero-order valence-electron chi connectivity index (χ0n) is 29.9. The van der Waals surface area contributed by atoms with Crippen LogP contribution >= 0.6 is 0 Å². The van der Waals surface area contributed by atoms with E-state index in [0.29, 0.717) is 13.2 Å². The number of anilines is 1. The van der Waals surface area contributed by atoms with E-state index in [4.69, 9.17) is 9.47 Å². The van der Waals surface area contributed by atoms with Crippen LogP contribution in [0.1, 0.15) is 107 Å². The van der Waals surface area contributed by atoms with Crippen molar-refractivity contribution < 1.29 is 9.47 Å². The second-order valence-corrected chi connectivity index (χ2v) is 12.5. The highest BCUT2D eigenvalue weighted by atomic mass is 16.5. The summed E-state index contributed by atoms with van der Waals surface area (Å²) in [5, 5.41) is 0. The van der Waals surface area contributed by atoms with Gasteiger partial charge in [0.15, 0.2) is 0 Å². The molecule has 0 aliphatic carbocycles. The van der Waals surface area contributed by atoms with Crippen LogP contribution in [-0.4, -0.2) is 36.3 Å². The Bertz CT molecular complexity index is 1580. The van der Waals surface area contributed by atoms with Gasteiger partial charge >= 0.3 is 0 Å². The number of nitrogens with zero attached hydrogens (tertiary/aromatic N) is 3. The molecule has 0 radical (unpaired) electrons. The molecule has 2 heterocycles. The van der Waals surface area contributed by atoms with Crippen LogP contribution in [0, 0.1) is 6.92 Å². The molecule has 5 heteroatoms. The van der Waals surface area contributed by atoms with E-state index in [1.807, 2.05) is 24.5 Å². The van der Waals surface area contributed by atoms with Crippen molar-refractivity contribution in [2.24, 2.45) is 0 Å². The standard InChI is InChI=1S/C43H55N3O2/c1-6-10-26-46(27-11-7-2)39-20-16-35(17-21-39)14-18-37-32-43(48-29-13-9-4)38(33-42(37)47-28-12-8-3)19-15-36-23-25-45-41(31-36)40-30-34(5)22-24-44-40/h14-25,30-33H,6-13,26-29H2,1-5H3/b18-14+,19-15+. The Morgan fingerprint density at radius 2 is 1.08 bits per heavy atom. The summed E-state index contributed by atoms with van der Waals surface area (Å²) < 4.78 is 12.8. The molecular formula is C43H55N3O2. The van der Waals surface area contributed by atoms with Crippen LogP contribution in [0.15, 0.2) is 73.1 Å². The molecule has 0 unspecified atom stereocenters. The summed E-state index contributed by atoms with van der Waals surface area (Å²) in [6.07, 6.45) is 21.2. The van der Waals surface area contributed by atoms with Crippen LogP contribution < -0.4 is 14.4 Å². The summed E-state index contributed by atoms with van der Waals surface area (Å²) in [5.41, 5.74) is 8.41. The predicted octanol–water partition coefficient (Wildman–Crippen LogP) is 11.6. The molecule has 0 aliphatic rings. The van der Waals surface area contributed by atoms with Crippen LogP contribution in [0.25, 0.3) is 35.7 Å². The lowest BCUT2D eigenvalue weighted by atomic mass is 10.0. The maximum absolute atomic E-state index is 6.39. The Labute approximate surface area is 289 Å². The molecule has 254 valence electrons. The van der Waals surface area contributed by atoms with E-state index >= 15 is 0 Å². The van der Waals surface area contributed by atoms with Gasteiger partial charge < -0.3 is 14.4 Å². The molecule has 0 amide bonds. The van der Waals surface area contributed by atoms with Gasteiger partial charge in [0, 0.05) is 42.3 Å². The average molecular weight is 646 g/mol. The lowest BCUT2D eigenvalue weighted by molar-refractivity contribution is 0.300. The van der Waals surface area contributed by atoms with E-state index in [0.717, 1.165) is 83.9 Å². The first kappa shape index (κ1) is 36.5. The SMILES string of the molecule is CCCCOc1cc(/C=C/c2ccnc(-c3cc(C)ccn3)c2)c(OCCCC)cc1/C=C/c1ccc(N(CCCC)CCCC)cc1. The summed E-state index contributed by atoms with van der Waals surface area (Å²) in [6.45, 7) is 14.5. The van der Waals surface area contributed by atoms with Crippen molar-refractivity contribution in [1.82, 2.24) is 9.97 Å². The van der Waals surface area contributed by atoms with Crippen LogP contribution in [0.2, 0.25) is 0 Å². The van der Waals surface area contributed by atoms with Gasteiger partial charge in [-0.2, -0.15) is 0 Å². The molecule has 0 saturated heterocycles. The molecule has 48 heavy (non-hydrogen) atoms. The fourth-order valence-electron chi connectivity index (χ4n) is 5.36.